The molecule has 0 radical (unpaired) electrons. The molecule has 134 valence electrons. The first-order valence-corrected chi connectivity index (χ1v) is 10.3. The van der Waals surface area contributed by atoms with Gasteiger partial charge in [-0.3, -0.25) is 4.79 Å². The summed E-state index contributed by atoms with van der Waals surface area (Å²) in [5, 5.41) is 7.68. The molecule has 0 saturated heterocycles. The second-order valence-electron chi connectivity index (χ2n) is 5.09. The van der Waals surface area contributed by atoms with Gasteiger partial charge in [0.1, 0.15) is 10.7 Å². The molecule has 5 nitrogen and oxygen atoms in total. The van der Waals surface area contributed by atoms with E-state index in [4.69, 9.17) is 16.7 Å². The Balaban J connectivity index is 1.86. The number of sulfonamides is 1. The van der Waals surface area contributed by atoms with Crippen LogP contribution in [0.2, 0.25) is 5.02 Å². The predicted molar refractivity (Wildman–Crippen MR) is 97.7 cm³/mol. The zero-order chi connectivity index (χ0) is 18.4. The van der Waals surface area contributed by atoms with E-state index in [2.05, 4.69) is 5.32 Å². The molecule has 0 heterocycles. The number of amides is 1. The minimum Gasteiger partial charge on any atom is -0.351 e. The van der Waals surface area contributed by atoms with Crippen molar-refractivity contribution in [2.45, 2.75) is 10.6 Å². The fourth-order valence-electron chi connectivity index (χ4n) is 2.00. The third-order valence-electron chi connectivity index (χ3n) is 3.25. The van der Waals surface area contributed by atoms with Crippen LogP contribution >= 0.6 is 23.4 Å². The van der Waals surface area contributed by atoms with E-state index in [1.54, 1.807) is 18.2 Å². The topological polar surface area (TPSA) is 89.3 Å². The van der Waals surface area contributed by atoms with E-state index in [1.165, 1.54) is 30.0 Å². The lowest BCUT2D eigenvalue weighted by Gasteiger charge is -2.08. The number of nitrogens with one attached hydrogen (secondary N) is 1. The minimum atomic E-state index is -4.00. The number of rotatable bonds is 7. The van der Waals surface area contributed by atoms with Gasteiger partial charge in [0.25, 0.3) is 5.91 Å². The van der Waals surface area contributed by atoms with Crippen LogP contribution < -0.4 is 10.5 Å². The Morgan fingerprint density at radius 2 is 1.96 bits per heavy atom. The van der Waals surface area contributed by atoms with Crippen molar-refractivity contribution < 1.29 is 17.6 Å². The minimum absolute atomic E-state index is 0.0421. The van der Waals surface area contributed by atoms with Gasteiger partial charge in [-0.05, 0) is 29.8 Å². The van der Waals surface area contributed by atoms with Gasteiger partial charge in [0.05, 0.1) is 5.02 Å². The molecular weight excluding hydrogens is 387 g/mol. The molecule has 2 rings (SSSR count). The zero-order valence-corrected chi connectivity index (χ0v) is 15.4. The van der Waals surface area contributed by atoms with Gasteiger partial charge >= 0.3 is 0 Å². The number of benzene rings is 2. The number of thioether (sulfide) groups is 1. The summed E-state index contributed by atoms with van der Waals surface area (Å²) >= 11 is 7.25. The Kier molecular flexibility index (Phi) is 6.83. The first-order chi connectivity index (χ1) is 11.8. The monoisotopic (exact) mass is 402 g/mol. The van der Waals surface area contributed by atoms with Crippen LogP contribution in [0.5, 0.6) is 0 Å². The first-order valence-electron chi connectivity index (χ1n) is 7.21. The molecule has 2 aromatic carbocycles. The molecule has 2 aromatic rings. The Morgan fingerprint density at radius 3 is 2.64 bits per heavy atom. The van der Waals surface area contributed by atoms with E-state index in [1.807, 2.05) is 0 Å². The van der Waals surface area contributed by atoms with Crippen LogP contribution in [-0.4, -0.2) is 26.6 Å². The fraction of sp³-hybridized carbons (Fsp3) is 0.188. The predicted octanol–water partition coefficient (Wildman–Crippen LogP) is 2.79. The van der Waals surface area contributed by atoms with Crippen LogP contribution in [0.3, 0.4) is 0 Å². The molecule has 9 heteroatoms. The van der Waals surface area contributed by atoms with E-state index >= 15 is 0 Å². The van der Waals surface area contributed by atoms with Gasteiger partial charge in [-0.15, -0.1) is 0 Å². The van der Waals surface area contributed by atoms with E-state index in [9.17, 15) is 17.6 Å². The quantitative estimate of drug-likeness (QED) is 0.697. The third-order valence-corrected chi connectivity index (χ3v) is 5.65. The number of primary sulfonamides is 1. The summed E-state index contributed by atoms with van der Waals surface area (Å²) in [6.07, 6.45) is 0. The molecule has 0 aliphatic rings. The Bertz CT molecular complexity index is 875. The second-order valence-corrected chi connectivity index (χ2v) is 8.13. The van der Waals surface area contributed by atoms with Gasteiger partial charge in [-0.25, -0.2) is 17.9 Å². The lowest BCUT2D eigenvalue weighted by atomic mass is 10.2. The fourth-order valence-corrected chi connectivity index (χ4v) is 3.92. The summed E-state index contributed by atoms with van der Waals surface area (Å²) in [4.78, 5) is 11.8. The van der Waals surface area contributed by atoms with E-state index in [0.29, 0.717) is 23.6 Å². The van der Waals surface area contributed by atoms with Crippen molar-refractivity contribution in [3.05, 3.63) is 64.4 Å². The first kappa shape index (κ1) is 19.7. The van der Waals surface area contributed by atoms with Crippen LogP contribution in [0.15, 0.2) is 47.4 Å². The Hall–Kier alpha value is -1.61. The number of carbonyl (C=O) groups excluding carboxylic acids is 1. The highest BCUT2D eigenvalue weighted by Crippen LogP contribution is 2.21. The van der Waals surface area contributed by atoms with Crippen LogP contribution in [-0.2, 0) is 15.8 Å². The van der Waals surface area contributed by atoms with Gasteiger partial charge in [-0.2, -0.15) is 11.8 Å². The molecule has 0 saturated carbocycles. The van der Waals surface area contributed by atoms with Crippen molar-refractivity contribution in [2.24, 2.45) is 5.14 Å². The second kappa shape index (κ2) is 8.66. The maximum Gasteiger partial charge on any atom is 0.251 e. The van der Waals surface area contributed by atoms with Gasteiger partial charge in [-0.1, -0.05) is 29.8 Å². The number of hydrogen-bond donors (Lipinski definition) is 2. The molecule has 0 spiro atoms. The molecule has 0 bridgehead atoms. The Morgan fingerprint density at radius 1 is 1.24 bits per heavy atom. The summed E-state index contributed by atoms with van der Waals surface area (Å²) in [7, 11) is -4.00. The van der Waals surface area contributed by atoms with Crippen LogP contribution in [0, 0.1) is 5.82 Å². The number of nitrogens with two attached hydrogens (primary N) is 1. The van der Waals surface area contributed by atoms with Crippen LogP contribution in [0.1, 0.15) is 15.9 Å². The van der Waals surface area contributed by atoms with Crippen molar-refractivity contribution in [1.29, 1.82) is 0 Å². The van der Waals surface area contributed by atoms with Crippen molar-refractivity contribution in [2.75, 3.05) is 12.3 Å². The number of halogens is 2. The number of hydrogen-bond acceptors (Lipinski definition) is 4. The van der Waals surface area contributed by atoms with Crippen molar-refractivity contribution in [3.63, 3.8) is 0 Å². The molecule has 0 aliphatic heterocycles. The average molecular weight is 403 g/mol. The SMILES string of the molecule is NS(=O)(=O)c1cc(C(=O)NCCSCc2ccccc2F)ccc1Cl. The van der Waals surface area contributed by atoms with E-state index < -0.39 is 15.9 Å². The maximum absolute atomic E-state index is 13.5. The van der Waals surface area contributed by atoms with Gasteiger partial charge in [0.2, 0.25) is 10.0 Å². The van der Waals surface area contributed by atoms with Crippen LogP contribution in [0.25, 0.3) is 0 Å². The molecule has 0 aromatic heterocycles. The summed E-state index contributed by atoms with van der Waals surface area (Å²) in [6.45, 7) is 0.352. The van der Waals surface area contributed by atoms with E-state index in [-0.39, 0.29) is 21.3 Å². The summed E-state index contributed by atoms with van der Waals surface area (Å²) in [5.41, 5.74) is 0.752. The standard InChI is InChI=1S/C16H16ClFN2O3S2/c17-13-6-5-11(9-15(13)25(19,22)23)16(21)20-7-8-24-10-12-3-1-2-4-14(12)18/h1-6,9H,7-8,10H2,(H,20,21)(H2,19,22,23). The van der Waals surface area contributed by atoms with Crippen molar-refractivity contribution >= 4 is 39.3 Å². The highest BCUT2D eigenvalue weighted by atomic mass is 35.5. The molecular formula is C16H16ClFN2O3S2. The molecule has 0 atom stereocenters. The zero-order valence-electron chi connectivity index (χ0n) is 13.0. The molecule has 1 amide bonds. The largest absolute Gasteiger partial charge is 0.351 e. The molecule has 3 N–H and O–H groups in total. The van der Waals surface area contributed by atoms with E-state index in [0.717, 1.165) is 6.07 Å². The lowest BCUT2D eigenvalue weighted by molar-refractivity contribution is 0.0956. The summed E-state index contributed by atoms with van der Waals surface area (Å²) < 4.78 is 36.3. The molecule has 0 aliphatic carbocycles. The van der Waals surface area contributed by atoms with Gasteiger partial charge < -0.3 is 5.32 Å². The summed E-state index contributed by atoms with van der Waals surface area (Å²) in [5.74, 6) is 0.387. The van der Waals surface area contributed by atoms with Crippen molar-refractivity contribution in [1.82, 2.24) is 5.32 Å². The van der Waals surface area contributed by atoms with Crippen molar-refractivity contribution in [3.8, 4) is 0 Å². The smallest absolute Gasteiger partial charge is 0.251 e. The highest BCUT2D eigenvalue weighted by Gasteiger charge is 2.16. The molecule has 0 unspecified atom stereocenters. The highest BCUT2D eigenvalue weighted by molar-refractivity contribution is 7.98. The molecule has 0 fully saturated rings. The normalized spacial score (nSPS) is 11.3. The average Bonchev–Trinajstić information content (AvgIpc) is 2.55. The van der Waals surface area contributed by atoms with Gasteiger partial charge in [0, 0.05) is 23.6 Å². The Labute approximate surface area is 154 Å². The third kappa shape index (κ3) is 5.71. The molecule has 25 heavy (non-hydrogen) atoms. The maximum atomic E-state index is 13.5. The van der Waals surface area contributed by atoms with Crippen LogP contribution in [0.4, 0.5) is 4.39 Å². The van der Waals surface area contributed by atoms with Gasteiger partial charge in [0.15, 0.2) is 0 Å². The summed E-state index contributed by atoms with van der Waals surface area (Å²) in [6, 6.07) is 10.4. The number of carbonyl (C=O) groups is 1. The lowest BCUT2D eigenvalue weighted by Crippen LogP contribution is -2.26.